The Hall–Kier alpha value is -2.22. The van der Waals surface area contributed by atoms with Crippen molar-refractivity contribution in [2.75, 3.05) is 29.6 Å². The Labute approximate surface area is 131 Å². The highest BCUT2D eigenvalue weighted by atomic mass is 16.6. The molecule has 0 bridgehead atoms. The van der Waals surface area contributed by atoms with E-state index in [-0.39, 0.29) is 0 Å². The standard InChI is InChI=1S/C14H26N6O2/c1-8-9(2)19-12(20-16)10(15)11(8)17-6-7-18-13(21)22-14(3,4)5/h6-7,15-16H2,1-5H3,(H,18,21)(H2,17,19,20). The first-order valence-electron chi connectivity index (χ1n) is 7.09. The molecule has 0 radical (unpaired) electrons. The Morgan fingerprint density at radius 2 is 1.91 bits per heavy atom. The second-order valence-corrected chi connectivity index (χ2v) is 5.96. The number of ether oxygens (including phenoxy) is 1. The highest BCUT2D eigenvalue weighted by Crippen LogP contribution is 2.30. The van der Waals surface area contributed by atoms with Gasteiger partial charge in [0.1, 0.15) is 5.60 Å². The van der Waals surface area contributed by atoms with E-state index in [1.54, 1.807) is 0 Å². The highest BCUT2D eigenvalue weighted by molar-refractivity contribution is 5.80. The van der Waals surface area contributed by atoms with E-state index in [0.29, 0.717) is 24.6 Å². The van der Waals surface area contributed by atoms with Crippen molar-refractivity contribution in [2.45, 2.75) is 40.2 Å². The number of nitrogens with one attached hydrogen (secondary N) is 3. The molecule has 1 aromatic heterocycles. The van der Waals surface area contributed by atoms with E-state index < -0.39 is 11.7 Å². The summed E-state index contributed by atoms with van der Waals surface area (Å²) in [5, 5.41) is 5.86. The molecule has 0 spiro atoms. The van der Waals surface area contributed by atoms with E-state index in [9.17, 15) is 4.79 Å². The number of carbonyl (C=O) groups is 1. The number of hydrazine groups is 1. The fourth-order valence-corrected chi connectivity index (χ4v) is 1.82. The number of hydrogen-bond acceptors (Lipinski definition) is 7. The average Bonchev–Trinajstić information content (AvgIpc) is 2.40. The molecule has 0 saturated heterocycles. The maximum absolute atomic E-state index is 11.5. The summed E-state index contributed by atoms with van der Waals surface area (Å²) in [6.45, 7) is 10.1. The summed E-state index contributed by atoms with van der Waals surface area (Å²) in [6, 6.07) is 0. The third kappa shape index (κ3) is 4.96. The lowest BCUT2D eigenvalue weighted by molar-refractivity contribution is 0.0530. The molecule has 7 N–H and O–H groups in total. The van der Waals surface area contributed by atoms with E-state index in [1.165, 1.54) is 0 Å². The Morgan fingerprint density at radius 3 is 2.45 bits per heavy atom. The molecule has 0 aliphatic carbocycles. The van der Waals surface area contributed by atoms with Crippen LogP contribution < -0.4 is 27.6 Å². The molecule has 1 amide bonds. The van der Waals surface area contributed by atoms with Crippen molar-refractivity contribution in [3.05, 3.63) is 11.3 Å². The van der Waals surface area contributed by atoms with Crippen LogP contribution in [-0.2, 0) is 4.74 Å². The van der Waals surface area contributed by atoms with Gasteiger partial charge in [0, 0.05) is 18.8 Å². The van der Waals surface area contributed by atoms with Crippen molar-refractivity contribution in [3.8, 4) is 0 Å². The minimum absolute atomic E-state index is 0.403. The van der Waals surface area contributed by atoms with Gasteiger partial charge in [0.15, 0.2) is 5.82 Å². The zero-order valence-electron chi connectivity index (χ0n) is 13.8. The zero-order valence-corrected chi connectivity index (χ0v) is 13.8. The Kier molecular flexibility index (Phi) is 5.81. The number of carbonyl (C=O) groups excluding carboxylic acids is 1. The topological polar surface area (TPSA) is 127 Å². The molecule has 8 nitrogen and oxygen atoms in total. The quantitative estimate of drug-likeness (QED) is 0.317. The van der Waals surface area contributed by atoms with Gasteiger partial charge >= 0.3 is 6.09 Å². The summed E-state index contributed by atoms with van der Waals surface area (Å²) in [6.07, 6.45) is -0.450. The van der Waals surface area contributed by atoms with Gasteiger partial charge in [0.2, 0.25) is 0 Å². The lowest BCUT2D eigenvalue weighted by Gasteiger charge is -2.20. The molecule has 0 aromatic carbocycles. The molecule has 1 aromatic rings. The highest BCUT2D eigenvalue weighted by Gasteiger charge is 2.16. The minimum Gasteiger partial charge on any atom is -0.444 e. The number of nitrogens with zero attached hydrogens (tertiary/aromatic N) is 1. The number of hydrogen-bond donors (Lipinski definition) is 5. The van der Waals surface area contributed by atoms with E-state index in [1.807, 2.05) is 34.6 Å². The number of pyridine rings is 1. The first-order chi connectivity index (χ1) is 10.2. The molecule has 1 heterocycles. The smallest absolute Gasteiger partial charge is 0.407 e. The molecular weight excluding hydrogens is 284 g/mol. The number of rotatable bonds is 5. The van der Waals surface area contributed by atoms with Crippen molar-refractivity contribution in [3.63, 3.8) is 0 Å². The van der Waals surface area contributed by atoms with E-state index in [4.69, 9.17) is 16.3 Å². The number of aromatic nitrogens is 1. The second kappa shape index (κ2) is 7.17. The van der Waals surface area contributed by atoms with Gasteiger partial charge in [-0.2, -0.15) is 0 Å². The summed E-state index contributed by atoms with van der Waals surface area (Å²) in [4.78, 5) is 15.8. The minimum atomic E-state index is -0.511. The van der Waals surface area contributed by atoms with Crippen LogP contribution in [0.25, 0.3) is 0 Å². The summed E-state index contributed by atoms with van der Waals surface area (Å²) in [5.74, 6) is 5.82. The largest absolute Gasteiger partial charge is 0.444 e. The van der Waals surface area contributed by atoms with Gasteiger partial charge in [-0.3, -0.25) is 0 Å². The van der Waals surface area contributed by atoms with Crippen molar-refractivity contribution < 1.29 is 9.53 Å². The van der Waals surface area contributed by atoms with Crippen LogP contribution in [0, 0.1) is 13.8 Å². The molecule has 124 valence electrons. The van der Waals surface area contributed by atoms with Crippen molar-refractivity contribution in [2.24, 2.45) is 5.84 Å². The SMILES string of the molecule is Cc1nc(NN)c(N)c(NCCNC(=O)OC(C)(C)C)c1C. The summed E-state index contributed by atoms with van der Waals surface area (Å²) in [7, 11) is 0. The van der Waals surface area contributed by atoms with Crippen molar-refractivity contribution >= 4 is 23.3 Å². The normalized spacial score (nSPS) is 11.0. The van der Waals surface area contributed by atoms with Gasteiger partial charge in [0.25, 0.3) is 0 Å². The molecular formula is C14H26N6O2. The Bertz CT molecular complexity index is 539. The predicted octanol–water partition coefficient (Wildman–Crippen LogP) is 1.50. The third-order valence-electron chi connectivity index (χ3n) is 2.95. The molecule has 1 rings (SSSR count). The van der Waals surface area contributed by atoms with Crippen LogP contribution in [0.1, 0.15) is 32.0 Å². The van der Waals surface area contributed by atoms with Crippen LogP contribution in [0.2, 0.25) is 0 Å². The number of amides is 1. The number of alkyl carbamates (subject to hydrolysis) is 1. The van der Waals surface area contributed by atoms with E-state index >= 15 is 0 Å². The van der Waals surface area contributed by atoms with Gasteiger partial charge in [-0.15, -0.1) is 0 Å². The molecule has 0 saturated carbocycles. The van der Waals surface area contributed by atoms with E-state index in [2.05, 4.69) is 21.0 Å². The number of nitrogens with two attached hydrogens (primary N) is 2. The van der Waals surface area contributed by atoms with Gasteiger partial charge in [-0.25, -0.2) is 15.6 Å². The van der Waals surface area contributed by atoms with Crippen LogP contribution in [0.5, 0.6) is 0 Å². The maximum atomic E-state index is 11.5. The molecule has 22 heavy (non-hydrogen) atoms. The van der Waals surface area contributed by atoms with Crippen LogP contribution in [-0.4, -0.2) is 29.8 Å². The first kappa shape index (κ1) is 17.8. The number of aryl methyl sites for hydroxylation is 1. The molecule has 0 aliphatic rings. The van der Waals surface area contributed by atoms with Gasteiger partial charge in [-0.1, -0.05) is 0 Å². The van der Waals surface area contributed by atoms with Gasteiger partial charge < -0.3 is 26.5 Å². The van der Waals surface area contributed by atoms with Crippen molar-refractivity contribution in [1.82, 2.24) is 10.3 Å². The summed E-state index contributed by atoms with van der Waals surface area (Å²) >= 11 is 0. The first-order valence-corrected chi connectivity index (χ1v) is 7.09. The van der Waals surface area contributed by atoms with Crippen LogP contribution in [0.15, 0.2) is 0 Å². The molecule has 0 atom stereocenters. The van der Waals surface area contributed by atoms with Crippen LogP contribution >= 0.6 is 0 Å². The maximum Gasteiger partial charge on any atom is 0.407 e. The second-order valence-electron chi connectivity index (χ2n) is 5.96. The molecule has 0 unspecified atom stereocenters. The monoisotopic (exact) mass is 310 g/mol. The average molecular weight is 310 g/mol. The molecule has 0 fully saturated rings. The van der Waals surface area contributed by atoms with E-state index in [0.717, 1.165) is 16.9 Å². The number of nitrogen functional groups attached to an aromatic ring is 2. The lowest BCUT2D eigenvalue weighted by atomic mass is 10.1. The third-order valence-corrected chi connectivity index (χ3v) is 2.95. The fraction of sp³-hybridized carbons (Fsp3) is 0.571. The van der Waals surface area contributed by atoms with Crippen LogP contribution in [0.4, 0.5) is 22.0 Å². The number of anilines is 3. The lowest BCUT2D eigenvalue weighted by Crippen LogP contribution is -2.35. The fourth-order valence-electron chi connectivity index (χ4n) is 1.82. The van der Waals surface area contributed by atoms with Gasteiger partial charge in [-0.05, 0) is 40.2 Å². The summed E-state index contributed by atoms with van der Waals surface area (Å²) in [5.41, 5.74) is 10.9. The summed E-state index contributed by atoms with van der Waals surface area (Å²) < 4.78 is 5.15. The molecule has 0 aliphatic heterocycles. The van der Waals surface area contributed by atoms with Crippen molar-refractivity contribution in [1.29, 1.82) is 0 Å². The molecule has 8 heteroatoms. The predicted molar refractivity (Wildman–Crippen MR) is 88.7 cm³/mol. The Morgan fingerprint density at radius 1 is 1.27 bits per heavy atom. The Balaban J connectivity index is 2.59. The van der Waals surface area contributed by atoms with Crippen LogP contribution in [0.3, 0.4) is 0 Å². The zero-order chi connectivity index (χ0) is 16.9. The van der Waals surface area contributed by atoms with Gasteiger partial charge in [0.05, 0.1) is 11.4 Å².